The Balaban J connectivity index is 2.11. The minimum Gasteiger partial charge on any atom is -0.313 e. The van der Waals surface area contributed by atoms with Gasteiger partial charge in [0.25, 0.3) is 0 Å². The molecule has 21 heavy (non-hydrogen) atoms. The maximum Gasteiger partial charge on any atom is 0.0254 e. The fraction of sp³-hybridized carbons (Fsp3) is 0.684. The van der Waals surface area contributed by atoms with E-state index in [1.54, 1.807) is 0 Å². The first-order chi connectivity index (χ1) is 10.2. The average Bonchev–Trinajstić information content (AvgIpc) is 2.55. The summed E-state index contributed by atoms with van der Waals surface area (Å²) in [6, 6.07) is 13.0. The fourth-order valence-electron chi connectivity index (χ4n) is 3.74. The highest BCUT2D eigenvalue weighted by atomic mass is 15.2. The van der Waals surface area contributed by atoms with Crippen molar-refractivity contribution >= 4 is 0 Å². The highest BCUT2D eigenvalue weighted by molar-refractivity contribution is 5.21. The Labute approximate surface area is 130 Å². The lowest BCUT2D eigenvalue weighted by Crippen LogP contribution is -2.53. The third-order valence-electron chi connectivity index (χ3n) is 5.36. The van der Waals surface area contributed by atoms with Crippen molar-refractivity contribution in [2.75, 3.05) is 13.6 Å². The molecule has 2 nitrogen and oxygen atoms in total. The van der Waals surface area contributed by atoms with Crippen LogP contribution in [0.3, 0.4) is 0 Å². The zero-order chi connectivity index (χ0) is 15.2. The molecule has 1 N–H and O–H groups in total. The van der Waals surface area contributed by atoms with Gasteiger partial charge in [0.1, 0.15) is 0 Å². The molecule has 0 aromatic heterocycles. The summed E-state index contributed by atoms with van der Waals surface area (Å²) < 4.78 is 0. The molecule has 0 spiro atoms. The van der Waals surface area contributed by atoms with E-state index in [0.717, 1.165) is 12.5 Å². The van der Waals surface area contributed by atoms with Crippen molar-refractivity contribution in [1.82, 2.24) is 10.2 Å². The van der Waals surface area contributed by atoms with Crippen molar-refractivity contribution < 1.29 is 0 Å². The van der Waals surface area contributed by atoms with Crippen LogP contribution in [0, 0.1) is 0 Å². The molecular weight excluding hydrogens is 256 g/mol. The molecule has 0 bridgehead atoms. The summed E-state index contributed by atoms with van der Waals surface area (Å²) in [6.07, 6.45) is 5.11. The molecule has 1 aliphatic carbocycles. The van der Waals surface area contributed by atoms with E-state index in [9.17, 15) is 0 Å². The maximum absolute atomic E-state index is 3.72. The SMILES string of the molecule is CCNC1CCC(c2ccccc2)CC1N(C)C(C)CC. The predicted octanol–water partition coefficient (Wildman–Crippen LogP) is 4.03. The van der Waals surface area contributed by atoms with Crippen LogP contribution in [-0.2, 0) is 0 Å². The molecule has 0 saturated heterocycles. The third-order valence-corrected chi connectivity index (χ3v) is 5.36. The van der Waals surface area contributed by atoms with Gasteiger partial charge in [-0.25, -0.2) is 0 Å². The van der Waals surface area contributed by atoms with E-state index in [-0.39, 0.29) is 0 Å². The van der Waals surface area contributed by atoms with Gasteiger partial charge in [-0.1, -0.05) is 44.2 Å². The van der Waals surface area contributed by atoms with Crippen LogP contribution < -0.4 is 5.32 Å². The molecule has 1 aliphatic rings. The second-order valence-electron chi connectivity index (χ2n) is 6.57. The van der Waals surface area contributed by atoms with Gasteiger partial charge in [0.2, 0.25) is 0 Å². The van der Waals surface area contributed by atoms with Crippen LogP contribution in [0.2, 0.25) is 0 Å². The minimum absolute atomic E-state index is 0.647. The van der Waals surface area contributed by atoms with Gasteiger partial charge >= 0.3 is 0 Å². The second kappa shape index (κ2) is 7.95. The molecule has 0 amide bonds. The topological polar surface area (TPSA) is 15.3 Å². The number of benzene rings is 1. The van der Waals surface area contributed by atoms with Gasteiger partial charge in [0, 0.05) is 18.1 Å². The Morgan fingerprint density at radius 1 is 1.19 bits per heavy atom. The Morgan fingerprint density at radius 2 is 1.90 bits per heavy atom. The van der Waals surface area contributed by atoms with Crippen LogP contribution in [-0.4, -0.2) is 36.6 Å². The summed E-state index contributed by atoms with van der Waals surface area (Å²) in [4.78, 5) is 2.61. The van der Waals surface area contributed by atoms with Gasteiger partial charge in [-0.2, -0.15) is 0 Å². The summed E-state index contributed by atoms with van der Waals surface area (Å²) in [6.45, 7) is 7.95. The number of nitrogens with one attached hydrogen (secondary N) is 1. The Kier molecular flexibility index (Phi) is 6.25. The van der Waals surface area contributed by atoms with Gasteiger partial charge in [-0.15, -0.1) is 0 Å². The van der Waals surface area contributed by atoms with Gasteiger partial charge in [0.05, 0.1) is 0 Å². The van der Waals surface area contributed by atoms with E-state index in [1.807, 2.05) is 0 Å². The van der Waals surface area contributed by atoms with Crippen LogP contribution in [0.5, 0.6) is 0 Å². The molecule has 0 aliphatic heterocycles. The smallest absolute Gasteiger partial charge is 0.0254 e. The molecule has 1 aromatic carbocycles. The van der Waals surface area contributed by atoms with Crippen molar-refractivity contribution in [3.05, 3.63) is 35.9 Å². The minimum atomic E-state index is 0.647. The molecule has 0 heterocycles. The standard InChI is InChI=1S/C19H32N2/c1-5-15(3)21(4)19-14-17(12-13-18(19)20-6-2)16-10-8-7-9-11-16/h7-11,15,17-20H,5-6,12-14H2,1-4H3. The molecule has 4 unspecified atom stereocenters. The van der Waals surface area contributed by atoms with Crippen molar-refractivity contribution in [2.24, 2.45) is 0 Å². The van der Waals surface area contributed by atoms with E-state index >= 15 is 0 Å². The Morgan fingerprint density at radius 3 is 2.52 bits per heavy atom. The zero-order valence-corrected chi connectivity index (χ0v) is 14.2. The van der Waals surface area contributed by atoms with Gasteiger partial charge in [-0.05, 0) is 57.7 Å². The fourth-order valence-corrected chi connectivity index (χ4v) is 3.74. The molecule has 2 heteroatoms. The van der Waals surface area contributed by atoms with Crippen molar-refractivity contribution in [3.63, 3.8) is 0 Å². The lowest BCUT2D eigenvalue weighted by Gasteiger charge is -2.44. The van der Waals surface area contributed by atoms with E-state index in [4.69, 9.17) is 0 Å². The first kappa shape index (κ1) is 16.5. The van der Waals surface area contributed by atoms with Crippen LogP contribution in [0.4, 0.5) is 0 Å². The quantitative estimate of drug-likeness (QED) is 0.850. The third kappa shape index (κ3) is 4.08. The molecule has 0 radical (unpaired) electrons. The highest BCUT2D eigenvalue weighted by Crippen LogP contribution is 2.35. The van der Waals surface area contributed by atoms with Crippen molar-refractivity contribution in [2.45, 2.75) is 70.5 Å². The van der Waals surface area contributed by atoms with Crippen molar-refractivity contribution in [3.8, 4) is 0 Å². The number of nitrogens with zero attached hydrogens (tertiary/aromatic N) is 1. The predicted molar refractivity (Wildman–Crippen MR) is 91.8 cm³/mol. The summed E-state index contributed by atoms with van der Waals surface area (Å²) in [5, 5.41) is 3.72. The van der Waals surface area contributed by atoms with E-state index in [2.05, 4.69) is 68.4 Å². The van der Waals surface area contributed by atoms with E-state index in [0.29, 0.717) is 18.1 Å². The number of hydrogen-bond acceptors (Lipinski definition) is 2. The molecular formula is C19H32N2. The molecule has 4 atom stereocenters. The van der Waals surface area contributed by atoms with Crippen LogP contribution in [0.15, 0.2) is 30.3 Å². The van der Waals surface area contributed by atoms with Crippen LogP contribution >= 0.6 is 0 Å². The monoisotopic (exact) mass is 288 g/mol. The number of rotatable bonds is 6. The van der Waals surface area contributed by atoms with Gasteiger partial charge in [-0.3, -0.25) is 4.90 Å². The van der Waals surface area contributed by atoms with E-state index < -0.39 is 0 Å². The largest absolute Gasteiger partial charge is 0.313 e. The normalized spacial score (nSPS) is 27.8. The summed E-state index contributed by atoms with van der Waals surface area (Å²) in [5.41, 5.74) is 1.52. The summed E-state index contributed by atoms with van der Waals surface area (Å²) in [5.74, 6) is 0.720. The number of likely N-dealkylation sites (N-methyl/N-ethyl adjacent to an activating group) is 2. The summed E-state index contributed by atoms with van der Waals surface area (Å²) in [7, 11) is 2.32. The average molecular weight is 288 g/mol. The first-order valence-electron chi connectivity index (χ1n) is 8.67. The lowest BCUT2D eigenvalue weighted by atomic mass is 9.78. The maximum atomic E-state index is 3.72. The van der Waals surface area contributed by atoms with Crippen molar-refractivity contribution in [1.29, 1.82) is 0 Å². The molecule has 118 valence electrons. The Hall–Kier alpha value is -0.860. The summed E-state index contributed by atoms with van der Waals surface area (Å²) >= 11 is 0. The van der Waals surface area contributed by atoms with E-state index in [1.165, 1.54) is 31.2 Å². The number of hydrogen-bond donors (Lipinski definition) is 1. The zero-order valence-electron chi connectivity index (χ0n) is 14.2. The Bertz CT molecular complexity index is 401. The molecule has 1 fully saturated rings. The highest BCUT2D eigenvalue weighted by Gasteiger charge is 2.34. The first-order valence-corrected chi connectivity index (χ1v) is 8.67. The molecule has 2 rings (SSSR count). The lowest BCUT2D eigenvalue weighted by molar-refractivity contribution is 0.103. The van der Waals surface area contributed by atoms with Gasteiger partial charge in [0.15, 0.2) is 0 Å². The molecule has 1 saturated carbocycles. The van der Waals surface area contributed by atoms with Gasteiger partial charge < -0.3 is 5.32 Å². The van der Waals surface area contributed by atoms with Crippen LogP contribution in [0.25, 0.3) is 0 Å². The van der Waals surface area contributed by atoms with Crippen LogP contribution in [0.1, 0.15) is 57.9 Å². The molecule has 1 aromatic rings. The second-order valence-corrected chi connectivity index (χ2v) is 6.57.